The number of aromatic nitrogens is 2. The van der Waals surface area contributed by atoms with Gasteiger partial charge in [0.2, 0.25) is 5.91 Å². The molecule has 1 aromatic carbocycles. The van der Waals surface area contributed by atoms with Gasteiger partial charge in [-0.25, -0.2) is 0 Å². The van der Waals surface area contributed by atoms with Crippen molar-refractivity contribution >= 4 is 5.91 Å². The van der Waals surface area contributed by atoms with Crippen LogP contribution < -0.4 is 5.73 Å². The number of aryl methyl sites for hydroxylation is 1. The van der Waals surface area contributed by atoms with Crippen LogP contribution in [-0.4, -0.2) is 33.7 Å². The Labute approximate surface area is 124 Å². The molecule has 1 unspecified atom stereocenters. The number of amides is 1. The van der Waals surface area contributed by atoms with E-state index in [0.29, 0.717) is 0 Å². The highest BCUT2D eigenvalue weighted by molar-refractivity contribution is 5.83. The van der Waals surface area contributed by atoms with Crippen molar-refractivity contribution in [3.05, 3.63) is 53.3 Å². The van der Waals surface area contributed by atoms with Gasteiger partial charge in [-0.05, 0) is 24.0 Å². The summed E-state index contributed by atoms with van der Waals surface area (Å²) in [6.07, 6.45) is 5.24. The Bertz CT molecular complexity index is 622. The highest BCUT2D eigenvalue weighted by Gasteiger charge is 2.25. The van der Waals surface area contributed by atoms with Crippen LogP contribution in [0.5, 0.6) is 0 Å². The molecular weight excluding hydrogens is 264 g/mol. The molecule has 0 bridgehead atoms. The Morgan fingerprint density at radius 2 is 1.86 bits per heavy atom. The first kappa shape index (κ1) is 13.8. The van der Waals surface area contributed by atoms with Crippen molar-refractivity contribution in [1.29, 1.82) is 0 Å². The number of carbonyl (C=O) groups is 1. The van der Waals surface area contributed by atoms with E-state index in [4.69, 9.17) is 5.73 Å². The number of nitrogens with two attached hydrogens (primary N) is 1. The molecule has 5 heteroatoms. The maximum Gasteiger partial charge on any atom is 0.244 e. The third-order valence-electron chi connectivity index (χ3n) is 4.08. The molecule has 0 radical (unpaired) electrons. The number of rotatable bonds is 2. The average molecular weight is 284 g/mol. The van der Waals surface area contributed by atoms with Crippen molar-refractivity contribution in [3.63, 3.8) is 0 Å². The van der Waals surface area contributed by atoms with Crippen molar-refractivity contribution in [2.24, 2.45) is 12.8 Å². The monoisotopic (exact) mass is 284 g/mol. The highest BCUT2D eigenvalue weighted by Crippen LogP contribution is 2.18. The van der Waals surface area contributed by atoms with Gasteiger partial charge in [-0.3, -0.25) is 9.48 Å². The SMILES string of the molecule is Cn1cc(C(N)C(=O)N2CCc3ccccc3CC2)cn1. The van der Waals surface area contributed by atoms with Crippen LogP contribution in [0.1, 0.15) is 22.7 Å². The molecule has 1 aromatic heterocycles. The van der Waals surface area contributed by atoms with E-state index in [-0.39, 0.29) is 5.91 Å². The fraction of sp³-hybridized carbons (Fsp3) is 0.375. The van der Waals surface area contributed by atoms with Crippen LogP contribution in [0, 0.1) is 0 Å². The van der Waals surface area contributed by atoms with Gasteiger partial charge in [0.25, 0.3) is 0 Å². The Morgan fingerprint density at radius 3 is 2.38 bits per heavy atom. The number of hydrogen-bond donors (Lipinski definition) is 1. The van der Waals surface area contributed by atoms with Gasteiger partial charge in [-0.15, -0.1) is 0 Å². The Hall–Kier alpha value is -2.14. The van der Waals surface area contributed by atoms with Gasteiger partial charge in [-0.2, -0.15) is 5.10 Å². The lowest BCUT2D eigenvalue weighted by molar-refractivity contribution is -0.132. The minimum atomic E-state index is -0.625. The third kappa shape index (κ3) is 2.83. The van der Waals surface area contributed by atoms with Gasteiger partial charge in [-0.1, -0.05) is 24.3 Å². The normalized spacial score (nSPS) is 16.2. The van der Waals surface area contributed by atoms with E-state index in [1.54, 1.807) is 17.1 Å². The van der Waals surface area contributed by atoms with E-state index in [1.807, 2.05) is 11.9 Å². The maximum absolute atomic E-state index is 12.6. The quantitative estimate of drug-likeness (QED) is 0.896. The standard InChI is InChI=1S/C16H20N4O/c1-19-11-14(10-18-19)15(17)16(21)20-8-6-12-4-2-3-5-13(12)7-9-20/h2-5,10-11,15H,6-9,17H2,1H3. The molecule has 0 spiro atoms. The van der Waals surface area contributed by atoms with E-state index in [9.17, 15) is 4.79 Å². The largest absolute Gasteiger partial charge is 0.340 e. The summed E-state index contributed by atoms with van der Waals surface area (Å²) in [7, 11) is 1.82. The van der Waals surface area contributed by atoms with Crippen molar-refractivity contribution in [1.82, 2.24) is 14.7 Å². The molecule has 0 saturated carbocycles. The topological polar surface area (TPSA) is 64.2 Å². The summed E-state index contributed by atoms with van der Waals surface area (Å²) in [5.74, 6) is -0.0178. The van der Waals surface area contributed by atoms with Crippen LogP contribution in [0.15, 0.2) is 36.7 Å². The fourth-order valence-electron chi connectivity index (χ4n) is 2.83. The van der Waals surface area contributed by atoms with Crippen molar-refractivity contribution in [3.8, 4) is 0 Å². The van der Waals surface area contributed by atoms with Crippen LogP contribution in [-0.2, 0) is 24.7 Å². The first-order valence-corrected chi connectivity index (χ1v) is 7.25. The zero-order chi connectivity index (χ0) is 14.8. The highest BCUT2D eigenvalue weighted by atomic mass is 16.2. The summed E-state index contributed by atoms with van der Waals surface area (Å²) in [4.78, 5) is 14.4. The summed E-state index contributed by atoms with van der Waals surface area (Å²) in [5.41, 5.74) is 9.53. The first-order chi connectivity index (χ1) is 10.1. The van der Waals surface area contributed by atoms with Crippen LogP contribution >= 0.6 is 0 Å². The van der Waals surface area contributed by atoms with E-state index >= 15 is 0 Å². The van der Waals surface area contributed by atoms with E-state index in [2.05, 4.69) is 29.4 Å². The Balaban J connectivity index is 1.72. The molecule has 3 rings (SSSR count). The number of hydrogen-bond acceptors (Lipinski definition) is 3. The first-order valence-electron chi connectivity index (χ1n) is 7.25. The minimum absolute atomic E-state index is 0.0178. The molecule has 21 heavy (non-hydrogen) atoms. The lowest BCUT2D eigenvalue weighted by Gasteiger charge is -2.23. The van der Waals surface area contributed by atoms with Crippen molar-refractivity contribution < 1.29 is 4.79 Å². The predicted octanol–water partition coefficient (Wildman–Crippen LogP) is 1.05. The second kappa shape index (κ2) is 5.69. The fourth-order valence-corrected chi connectivity index (χ4v) is 2.83. The van der Waals surface area contributed by atoms with Gasteiger partial charge in [0, 0.05) is 31.9 Å². The minimum Gasteiger partial charge on any atom is -0.340 e. The summed E-state index contributed by atoms with van der Waals surface area (Å²) < 4.78 is 1.67. The molecule has 5 nitrogen and oxygen atoms in total. The summed E-state index contributed by atoms with van der Waals surface area (Å²) in [5, 5.41) is 4.08. The van der Waals surface area contributed by atoms with Crippen LogP contribution in [0.3, 0.4) is 0 Å². The molecule has 0 aliphatic carbocycles. The van der Waals surface area contributed by atoms with Crippen molar-refractivity contribution in [2.75, 3.05) is 13.1 Å². The van der Waals surface area contributed by atoms with Gasteiger partial charge >= 0.3 is 0 Å². The molecule has 0 fully saturated rings. The van der Waals surface area contributed by atoms with Gasteiger partial charge in [0.1, 0.15) is 6.04 Å². The number of fused-ring (bicyclic) bond motifs is 1. The zero-order valence-electron chi connectivity index (χ0n) is 12.2. The second-order valence-electron chi connectivity index (χ2n) is 5.52. The van der Waals surface area contributed by atoms with Crippen LogP contribution in [0.2, 0.25) is 0 Å². The van der Waals surface area contributed by atoms with E-state index in [0.717, 1.165) is 31.5 Å². The zero-order valence-corrected chi connectivity index (χ0v) is 12.2. The molecule has 1 aliphatic rings. The molecule has 1 amide bonds. The summed E-state index contributed by atoms with van der Waals surface area (Å²) in [6.45, 7) is 1.45. The molecular formula is C16H20N4O. The van der Waals surface area contributed by atoms with E-state index in [1.165, 1.54) is 11.1 Å². The van der Waals surface area contributed by atoms with Crippen LogP contribution in [0.25, 0.3) is 0 Å². The number of nitrogens with zero attached hydrogens (tertiary/aromatic N) is 3. The predicted molar refractivity (Wildman–Crippen MR) is 80.6 cm³/mol. The molecule has 2 heterocycles. The Morgan fingerprint density at radius 1 is 1.24 bits per heavy atom. The average Bonchev–Trinajstić information content (AvgIpc) is 2.82. The van der Waals surface area contributed by atoms with Gasteiger partial charge in [0.15, 0.2) is 0 Å². The summed E-state index contributed by atoms with van der Waals surface area (Å²) in [6, 6.07) is 7.77. The number of carbonyl (C=O) groups excluding carboxylic acids is 1. The van der Waals surface area contributed by atoms with Gasteiger partial charge in [0.05, 0.1) is 6.20 Å². The third-order valence-corrected chi connectivity index (χ3v) is 4.08. The van der Waals surface area contributed by atoms with Crippen LogP contribution in [0.4, 0.5) is 0 Å². The maximum atomic E-state index is 12.6. The lowest BCUT2D eigenvalue weighted by Crippen LogP contribution is -2.40. The second-order valence-corrected chi connectivity index (χ2v) is 5.52. The van der Waals surface area contributed by atoms with Crippen molar-refractivity contribution in [2.45, 2.75) is 18.9 Å². The lowest BCUT2D eigenvalue weighted by atomic mass is 10.0. The van der Waals surface area contributed by atoms with Gasteiger partial charge < -0.3 is 10.6 Å². The smallest absolute Gasteiger partial charge is 0.244 e. The molecule has 2 N–H and O–H groups in total. The molecule has 1 atom stereocenters. The molecule has 2 aromatic rings. The molecule has 110 valence electrons. The number of benzene rings is 1. The molecule has 1 aliphatic heterocycles. The van der Waals surface area contributed by atoms with E-state index < -0.39 is 6.04 Å². The summed E-state index contributed by atoms with van der Waals surface area (Å²) >= 11 is 0. The Kier molecular flexibility index (Phi) is 3.75. The molecule has 0 saturated heterocycles.